The highest BCUT2D eigenvalue weighted by atomic mass is 32.2. The van der Waals surface area contributed by atoms with Crippen molar-refractivity contribution in [2.24, 2.45) is 0 Å². The van der Waals surface area contributed by atoms with E-state index in [0.717, 1.165) is 13.0 Å². The number of hydrogen-bond donors (Lipinski definition) is 0. The molecular weight excluding hydrogens is 576 g/mol. The Morgan fingerprint density at radius 3 is 1.14 bits per heavy atom. The summed E-state index contributed by atoms with van der Waals surface area (Å²) in [6, 6.07) is 8.01. The molecule has 0 N–H and O–H groups in total. The lowest BCUT2D eigenvalue weighted by Gasteiger charge is -2.09. The minimum atomic E-state index is -3.75. The van der Waals surface area contributed by atoms with Crippen LogP contribution in [0.1, 0.15) is 71.1 Å². The molecule has 0 unspecified atom stereocenters. The summed E-state index contributed by atoms with van der Waals surface area (Å²) in [5.41, 5.74) is 0. The van der Waals surface area contributed by atoms with Crippen molar-refractivity contribution in [3.8, 4) is 0 Å². The van der Waals surface area contributed by atoms with Gasteiger partial charge < -0.3 is 33.2 Å². The number of benzene rings is 1. The van der Waals surface area contributed by atoms with Gasteiger partial charge in [0, 0.05) is 6.61 Å². The van der Waals surface area contributed by atoms with Crippen LogP contribution in [0.25, 0.3) is 0 Å². The second-order valence-corrected chi connectivity index (χ2v) is 11.7. The maximum Gasteiger partial charge on any atom is 0.297 e. The van der Waals surface area contributed by atoms with Crippen molar-refractivity contribution in [1.82, 2.24) is 0 Å². The van der Waals surface area contributed by atoms with E-state index in [0.29, 0.717) is 79.3 Å². The minimum Gasteiger partial charge on any atom is -0.379 e. The smallest absolute Gasteiger partial charge is 0.297 e. The van der Waals surface area contributed by atoms with Crippen molar-refractivity contribution in [2.45, 2.75) is 76.0 Å². The second kappa shape index (κ2) is 30.9. The largest absolute Gasteiger partial charge is 0.379 e. The SMILES string of the molecule is CCCCCCCCCCCCOCCOCCOCCOCCOCCOCCOCCOS(=O)(=O)c1ccccc1. The van der Waals surface area contributed by atoms with Crippen LogP contribution in [0.4, 0.5) is 0 Å². The second-order valence-electron chi connectivity index (χ2n) is 10.1. The zero-order valence-corrected chi connectivity index (χ0v) is 27.4. The molecule has 1 rings (SSSR count). The lowest BCUT2D eigenvalue weighted by Crippen LogP contribution is -2.15. The molecule has 0 amide bonds. The normalized spacial score (nSPS) is 11.8. The van der Waals surface area contributed by atoms with Gasteiger partial charge in [-0.15, -0.1) is 0 Å². The van der Waals surface area contributed by atoms with Crippen LogP contribution in [0.5, 0.6) is 0 Å². The molecule has 0 aliphatic rings. The predicted molar refractivity (Wildman–Crippen MR) is 167 cm³/mol. The van der Waals surface area contributed by atoms with E-state index < -0.39 is 10.1 Å². The molecule has 0 bridgehead atoms. The van der Waals surface area contributed by atoms with Gasteiger partial charge in [-0.3, -0.25) is 4.18 Å². The van der Waals surface area contributed by atoms with E-state index in [1.165, 1.54) is 69.9 Å². The van der Waals surface area contributed by atoms with Crippen LogP contribution >= 0.6 is 0 Å². The van der Waals surface area contributed by atoms with Gasteiger partial charge in [0.05, 0.1) is 97.4 Å². The number of rotatable bonds is 34. The first kappa shape index (κ1) is 39.9. The summed E-state index contributed by atoms with van der Waals surface area (Å²) in [5, 5.41) is 0. The third-order valence-electron chi connectivity index (χ3n) is 6.37. The lowest BCUT2D eigenvalue weighted by molar-refractivity contribution is -0.0212. The van der Waals surface area contributed by atoms with Crippen molar-refractivity contribution < 1.29 is 45.8 Å². The maximum absolute atomic E-state index is 12.0. The summed E-state index contributed by atoms with van der Waals surface area (Å²) in [6.45, 7) is 9.16. The Labute approximate surface area is 261 Å². The highest BCUT2D eigenvalue weighted by Crippen LogP contribution is 2.11. The van der Waals surface area contributed by atoms with Crippen LogP contribution in [0, 0.1) is 0 Å². The molecule has 0 aromatic heterocycles. The zero-order valence-electron chi connectivity index (χ0n) is 26.6. The highest BCUT2D eigenvalue weighted by molar-refractivity contribution is 7.86. The Hall–Kier alpha value is -1.15. The summed E-state index contributed by atoms with van der Waals surface area (Å²) >= 11 is 0. The minimum absolute atomic E-state index is 0.0475. The molecule has 0 fully saturated rings. The molecule has 1 aromatic carbocycles. The lowest BCUT2D eigenvalue weighted by atomic mass is 10.1. The molecular formula is C32H58O10S. The van der Waals surface area contributed by atoms with Crippen molar-refractivity contribution >= 4 is 10.1 Å². The van der Waals surface area contributed by atoms with Crippen molar-refractivity contribution in [3.05, 3.63) is 30.3 Å². The standard InChI is InChI=1S/C32H58O10S/c1-2-3-4-5-6-7-8-9-10-14-17-35-18-19-36-20-21-37-22-23-38-24-25-39-26-27-40-28-29-41-30-31-42-43(33,34)32-15-12-11-13-16-32/h11-13,15-16H,2-10,14,17-31H2,1H3. The Balaban J connectivity index is 1.67. The fourth-order valence-electron chi connectivity index (χ4n) is 3.97. The van der Waals surface area contributed by atoms with Crippen LogP contribution in [0.2, 0.25) is 0 Å². The summed E-state index contributed by atoms with van der Waals surface area (Å²) in [6.07, 6.45) is 13.4. The molecule has 252 valence electrons. The summed E-state index contributed by atoms with van der Waals surface area (Å²) < 4.78 is 67.2. The van der Waals surface area contributed by atoms with E-state index in [2.05, 4.69) is 6.92 Å². The van der Waals surface area contributed by atoms with Crippen LogP contribution < -0.4 is 0 Å². The first-order valence-electron chi connectivity index (χ1n) is 16.2. The third-order valence-corrected chi connectivity index (χ3v) is 7.70. The molecule has 0 saturated carbocycles. The van der Waals surface area contributed by atoms with Gasteiger partial charge >= 0.3 is 0 Å². The van der Waals surface area contributed by atoms with Gasteiger partial charge in [-0.05, 0) is 18.6 Å². The predicted octanol–water partition coefficient (Wildman–Crippen LogP) is 5.43. The van der Waals surface area contributed by atoms with Gasteiger partial charge in [0.2, 0.25) is 0 Å². The molecule has 11 heteroatoms. The quantitative estimate of drug-likeness (QED) is 0.0720. The summed E-state index contributed by atoms with van der Waals surface area (Å²) in [4.78, 5) is 0.129. The molecule has 43 heavy (non-hydrogen) atoms. The van der Waals surface area contributed by atoms with Crippen LogP contribution in [-0.4, -0.2) is 108 Å². The van der Waals surface area contributed by atoms with Gasteiger partial charge in [-0.1, -0.05) is 82.9 Å². The molecule has 10 nitrogen and oxygen atoms in total. The molecule has 1 aromatic rings. The Morgan fingerprint density at radius 2 is 0.744 bits per heavy atom. The molecule has 0 aliphatic carbocycles. The zero-order chi connectivity index (χ0) is 30.9. The van der Waals surface area contributed by atoms with Gasteiger partial charge in [0.1, 0.15) is 0 Å². The van der Waals surface area contributed by atoms with Crippen molar-refractivity contribution in [2.75, 3.05) is 99.1 Å². The molecule has 0 radical (unpaired) electrons. The van der Waals surface area contributed by atoms with Gasteiger partial charge in [-0.25, -0.2) is 0 Å². The van der Waals surface area contributed by atoms with E-state index in [4.69, 9.17) is 37.3 Å². The van der Waals surface area contributed by atoms with E-state index >= 15 is 0 Å². The van der Waals surface area contributed by atoms with Gasteiger partial charge in [0.25, 0.3) is 10.1 Å². The average molecular weight is 635 g/mol. The number of ether oxygens (including phenoxy) is 7. The van der Waals surface area contributed by atoms with E-state index in [1.54, 1.807) is 18.2 Å². The summed E-state index contributed by atoms with van der Waals surface area (Å²) in [7, 11) is -3.75. The topological polar surface area (TPSA) is 108 Å². The number of hydrogen-bond acceptors (Lipinski definition) is 10. The maximum atomic E-state index is 12.0. The molecule has 0 aliphatic heterocycles. The van der Waals surface area contributed by atoms with E-state index in [-0.39, 0.29) is 18.1 Å². The van der Waals surface area contributed by atoms with Gasteiger partial charge in [0.15, 0.2) is 0 Å². The first-order valence-corrected chi connectivity index (χ1v) is 17.6. The Kier molecular flexibility index (Phi) is 28.6. The third kappa shape index (κ3) is 26.9. The highest BCUT2D eigenvalue weighted by Gasteiger charge is 2.13. The van der Waals surface area contributed by atoms with E-state index in [9.17, 15) is 8.42 Å². The van der Waals surface area contributed by atoms with Crippen LogP contribution in [-0.2, 0) is 47.5 Å². The summed E-state index contributed by atoms with van der Waals surface area (Å²) in [5.74, 6) is 0. The fraction of sp³-hybridized carbons (Fsp3) is 0.812. The number of unbranched alkanes of at least 4 members (excludes halogenated alkanes) is 9. The van der Waals surface area contributed by atoms with Crippen LogP contribution in [0.15, 0.2) is 35.2 Å². The van der Waals surface area contributed by atoms with Gasteiger partial charge in [-0.2, -0.15) is 8.42 Å². The van der Waals surface area contributed by atoms with Crippen molar-refractivity contribution in [3.63, 3.8) is 0 Å². The fourth-order valence-corrected chi connectivity index (χ4v) is 4.88. The average Bonchev–Trinajstić information content (AvgIpc) is 3.02. The Morgan fingerprint density at radius 1 is 0.419 bits per heavy atom. The first-order chi connectivity index (χ1) is 21.2. The molecule has 0 heterocycles. The monoisotopic (exact) mass is 634 g/mol. The molecule has 0 atom stereocenters. The molecule has 0 saturated heterocycles. The Bertz CT molecular complexity index is 795. The van der Waals surface area contributed by atoms with Crippen LogP contribution in [0.3, 0.4) is 0 Å². The van der Waals surface area contributed by atoms with Crippen molar-refractivity contribution in [1.29, 1.82) is 0 Å². The molecule has 0 spiro atoms. The van der Waals surface area contributed by atoms with E-state index in [1.807, 2.05) is 0 Å².